The second kappa shape index (κ2) is 4.69. The monoisotopic (exact) mass is 276 g/mol. The van der Waals surface area contributed by atoms with Gasteiger partial charge in [-0.1, -0.05) is 0 Å². The van der Waals surface area contributed by atoms with E-state index in [9.17, 15) is 24.9 Å². The molecule has 0 unspecified atom stereocenters. The predicted molar refractivity (Wildman–Crippen MR) is 58.4 cm³/mol. The van der Waals surface area contributed by atoms with Gasteiger partial charge in [0.15, 0.2) is 11.8 Å². The average molecular weight is 276 g/mol. The van der Waals surface area contributed by atoms with Gasteiger partial charge in [-0.25, -0.2) is 4.79 Å². The lowest BCUT2D eigenvalue weighted by Gasteiger charge is -2.42. The maximum Gasteiger partial charge on any atom is 0.328 e. The van der Waals surface area contributed by atoms with E-state index in [1.165, 1.54) is 0 Å². The van der Waals surface area contributed by atoms with Crippen molar-refractivity contribution in [1.29, 1.82) is 0 Å². The Morgan fingerprint density at radius 2 is 2.11 bits per heavy atom. The predicted octanol–water partition coefficient (Wildman–Crippen LogP) is -2.92. The lowest BCUT2D eigenvalue weighted by Crippen LogP contribution is -2.70. The first kappa shape index (κ1) is 14.2. The van der Waals surface area contributed by atoms with Crippen LogP contribution in [-0.4, -0.2) is 74.1 Å². The third-order valence-electron chi connectivity index (χ3n) is 3.38. The number of carbonyl (C=O) groups is 2. The highest BCUT2D eigenvalue weighted by atomic mass is 16.6. The number of hydrogen-bond donors (Lipinski definition) is 5. The van der Waals surface area contributed by atoms with Gasteiger partial charge >= 0.3 is 6.03 Å². The van der Waals surface area contributed by atoms with Crippen molar-refractivity contribution in [2.45, 2.75) is 43.6 Å². The van der Waals surface area contributed by atoms with Crippen molar-refractivity contribution in [3.05, 3.63) is 0 Å². The van der Waals surface area contributed by atoms with E-state index >= 15 is 0 Å². The molecule has 108 valence electrons. The molecule has 2 heterocycles. The number of nitrogens with one attached hydrogen (secondary N) is 1. The van der Waals surface area contributed by atoms with E-state index in [1.807, 2.05) is 5.32 Å². The zero-order chi connectivity index (χ0) is 14.4. The number of ether oxygens (including phenoxy) is 1. The molecule has 2 fully saturated rings. The van der Waals surface area contributed by atoms with Crippen LogP contribution in [0.3, 0.4) is 0 Å². The number of hydrogen-bond acceptors (Lipinski definition) is 7. The smallest absolute Gasteiger partial charge is 0.328 e. The molecule has 0 radical (unpaired) electrons. The van der Waals surface area contributed by atoms with Crippen LogP contribution in [0.15, 0.2) is 0 Å². The third-order valence-corrected chi connectivity index (χ3v) is 3.38. The summed E-state index contributed by atoms with van der Waals surface area (Å²) in [5, 5.41) is 40.2. The molecular weight excluding hydrogens is 260 g/mol. The molecule has 0 aromatic carbocycles. The Morgan fingerprint density at radius 3 is 2.63 bits per heavy atom. The molecule has 2 aliphatic heterocycles. The van der Waals surface area contributed by atoms with Gasteiger partial charge in [0, 0.05) is 6.42 Å². The van der Waals surface area contributed by atoms with Gasteiger partial charge in [-0.2, -0.15) is 0 Å². The number of aliphatic hydroxyl groups is 4. The van der Waals surface area contributed by atoms with Crippen LogP contribution >= 0.6 is 0 Å². The SMILES string of the molecule is C[C@@]1(O)C(=O)NC(=O)N([C@H]2C[C@H](O)[C@@H](CO)O2)[C@H]1O. The van der Waals surface area contributed by atoms with E-state index in [-0.39, 0.29) is 6.42 Å². The maximum absolute atomic E-state index is 11.7. The number of amides is 3. The van der Waals surface area contributed by atoms with Gasteiger partial charge in [-0.05, 0) is 6.92 Å². The molecule has 2 rings (SSSR count). The number of imide groups is 1. The van der Waals surface area contributed by atoms with E-state index in [0.717, 1.165) is 11.8 Å². The topological polar surface area (TPSA) is 140 Å². The van der Waals surface area contributed by atoms with E-state index < -0.39 is 48.8 Å². The van der Waals surface area contributed by atoms with Gasteiger partial charge in [-0.3, -0.25) is 15.0 Å². The van der Waals surface area contributed by atoms with Crippen LogP contribution in [0, 0.1) is 0 Å². The van der Waals surface area contributed by atoms with Crippen LogP contribution < -0.4 is 5.32 Å². The molecule has 0 bridgehead atoms. The van der Waals surface area contributed by atoms with Crippen molar-refractivity contribution in [3.8, 4) is 0 Å². The van der Waals surface area contributed by atoms with Gasteiger partial charge in [0.2, 0.25) is 0 Å². The summed E-state index contributed by atoms with van der Waals surface area (Å²) >= 11 is 0. The summed E-state index contributed by atoms with van der Waals surface area (Å²) in [6.45, 7) is 0.611. The highest BCUT2D eigenvalue weighted by molar-refractivity contribution is 6.01. The Kier molecular flexibility index (Phi) is 3.49. The maximum atomic E-state index is 11.7. The van der Waals surface area contributed by atoms with E-state index in [0.29, 0.717) is 0 Å². The van der Waals surface area contributed by atoms with Gasteiger partial charge in [0.1, 0.15) is 12.3 Å². The number of rotatable bonds is 2. The normalized spacial score (nSPS) is 43.5. The summed E-state index contributed by atoms with van der Waals surface area (Å²) in [6, 6.07) is -0.931. The Labute approximate surface area is 108 Å². The van der Waals surface area contributed by atoms with Crippen LogP contribution in [0.2, 0.25) is 0 Å². The summed E-state index contributed by atoms with van der Waals surface area (Å²) in [7, 11) is 0. The van der Waals surface area contributed by atoms with Crippen molar-refractivity contribution >= 4 is 11.9 Å². The first-order valence-corrected chi connectivity index (χ1v) is 5.77. The summed E-state index contributed by atoms with van der Waals surface area (Å²) in [5.74, 6) is -1.02. The molecule has 5 N–H and O–H groups in total. The first-order valence-electron chi connectivity index (χ1n) is 5.77. The van der Waals surface area contributed by atoms with E-state index in [2.05, 4.69) is 0 Å². The van der Waals surface area contributed by atoms with Gasteiger partial charge in [0.05, 0.1) is 12.7 Å². The van der Waals surface area contributed by atoms with Crippen molar-refractivity contribution in [2.75, 3.05) is 6.61 Å². The molecular formula is C10H16N2O7. The minimum Gasteiger partial charge on any atom is -0.394 e. The number of carbonyl (C=O) groups excluding carboxylic acids is 2. The van der Waals surface area contributed by atoms with Crippen LogP contribution in [0.5, 0.6) is 0 Å². The standard InChI is InChI=1S/C10H16N2O7/c1-10(18)7(15)11-9(17)12(8(10)16)6-2-4(14)5(3-13)19-6/h4-6,8,13-14,16,18H,2-3H2,1H3,(H,11,15,17)/t4-,5+,6+,8-,10+/m0/s1. The summed E-state index contributed by atoms with van der Waals surface area (Å²) < 4.78 is 5.21. The Morgan fingerprint density at radius 1 is 1.47 bits per heavy atom. The lowest BCUT2D eigenvalue weighted by molar-refractivity contribution is -0.193. The van der Waals surface area contributed by atoms with E-state index in [1.54, 1.807) is 0 Å². The van der Waals surface area contributed by atoms with Crippen LogP contribution in [0.4, 0.5) is 4.79 Å². The van der Waals surface area contributed by atoms with Gasteiger partial charge < -0.3 is 25.2 Å². The molecule has 19 heavy (non-hydrogen) atoms. The summed E-state index contributed by atoms with van der Waals surface area (Å²) in [5.41, 5.74) is -2.18. The summed E-state index contributed by atoms with van der Waals surface area (Å²) in [6.07, 6.45) is -4.77. The highest BCUT2D eigenvalue weighted by Crippen LogP contribution is 2.29. The molecule has 9 heteroatoms. The van der Waals surface area contributed by atoms with Crippen LogP contribution in [0.1, 0.15) is 13.3 Å². The lowest BCUT2D eigenvalue weighted by atomic mass is 10.00. The molecule has 5 atom stereocenters. The molecule has 0 aliphatic carbocycles. The van der Waals surface area contributed by atoms with Crippen LogP contribution in [-0.2, 0) is 9.53 Å². The number of urea groups is 1. The Balaban J connectivity index is 2.20. The average Bonchev–Trinajstić information content (AvgIpc) is 2.68. The zero-order valence-electron chi connectivity index (χ0n) is 10.2. The van der Waals surface area contributed by atoms with Gasteiger partial charge in [0.25, 0.3) is 5.91 Å². The molecule has 3 amide bonds. The summed E-state index contributed by atoms with van der Waals surface area (Å²) in [4.78, 5) is 23.8. The quantitative estimate of drug-likeness (QED) is 0.364. The molecule has 2 aliphatic rings. The third kappa shape index (κ3) is 2.19. The minimum absolute atomic E-state index is 0.0417. The van der Waals surface area contributed by atoms with Crippen molar-refractivity contribution in [1.82, 2.24) is 10.2 Å². The van der Waals surface area contributed by atoms with E-state index in [4.69, 9.17) is 9.84 Å². The number of nitrogens with zero attached hydrogens (tertiary/aromatic N) is 1. The van der Waals surface area contributed by atoms with Crippen molar-refractivity contribution in [2.24, 2.45) is 0 Å². The van der Waals surface area contributed by atoms with Gasteiger partial charge in [-0.15, -0.1) is 0 Å². The largest absolute Gasteiger partial charge is 0.394 e. The fraction of sp³-hybridized carbons (Fsp3) is 0.800. The highest BCUT2D eigenvalue weighted by Gasteiger charge is 2.53. The molecule has 0 spiro atoms. The Hall–Kier alpha value is -1.26. The fourth-order valence-corrected chi connectivity index (χ4v) is 2.13. The molecule has 0 aromatic rings. The molecule has 0 aromatic heterocycles. The molecule has 2 saturated heterocycles. The second-order valence-electron chi connectivity index (χ2n) is 4.80. The zero-order valence-corrected chi connectivity index (χ0v) is 10.2. The molecule has 0 saturated carbocycles. The number of aliphatic hydroxyl groups excluding tert-OH is 3. The van der Waals surface area contributed by atoms with Crippen molar-refractivity contribution in [3.63, 3.8) is 0 Å². The Bertz CT molecular complexity index is 399. The van der Waals surface area contributed by atoms with Crippen LogP contribution in [0.25, 0.3) is 0 Å². The first-order chi connectivity index (χ1) is 8.78. The fourth-order valence-electron chi connectivity index (χ4n) is 2.13. The molecule has 9 nitrogen and oxygen atoms in total. The van der Waals surface area contributed by atoms with Crippen molar-refractivity contribution < 1.29 is 34.8 Å². The minimum atomic E-state index is -2.18. The second-order valence-corrected chi connectivity index (χ2v) is 4.80.